The van der Waals surface area contributed by atoms with Gasteiger partial charge in [0, 0.05) is 18.3 Å². The van der Waals surface area contributed by atoms with E-state index < -0.39 is 0 Å². The van der Waals surface area contributed by atoms with Crippen molar-refractivity contribution < 1.29 is 14.3 Å². The predicted molar refractivity (Wildman–Crippen MR) is 77.3 cm³/mol. The van der Waals surface area contributed by atoms with Crippen LogP contribution in [-0.4, -0.2) is 34.0 Å². The van der Waals surface area contributed by atoms with Crippen LogP contribution in [0, 0.1) is 11.8 Å². The lowest BCUT2D eigenvalue weighted by Gasteiger charge is -2.19. The minimum absolute atomic E-state index is 0.157. The number of pyridine rings is 1. The number of amides is 1. The molecule has 0 aliphatic rings. The topological polar surface area (TPSA) is 66.6 Å². The van der Waals surface area contributed by atoms with Crippen molar-refractivity contribution in [1.29, 1.82) is 0 Å². The lowest BCUT2D eigenvalue weighted by Crippen LogP contribution is -2.30. The van der Waals surface area contributed by atoms with Gasteiger partial charge in [0.2, 0.25) is 0 Å². The van der Waals surface area contributed by atoms with Gasteiger partial charge >= 0.3 is 0 Å². The largest absolute Gasteiger partial charge is 0.467 e. The Morgan fingerprint density at radius 2 is 2.29 bits per heavy atom. The Bertz CT molecular complexity index is 636. The van der Waals surface area contributed by atoms with Crippen molar-refractivity contribution >= 4 is 5.91 Å². The lowest BCUT2D eigenvalue weighted by atomic mass is 10.2. The van der Waals surface area contributed by atoms with Gasteiger partial charge in [-0.3, -0.25) is 4.79 Å². The van der Waals surface area contributed by atoms with E-state index in [1.54, 1.807) is 29.4 Å². The number of aliphatic hydroxyl groups is 1. The van der Waals surface area contributed by atoms with E-state index >= 15 is 0 Å². The van der Waals surface area contributed by atoms with Gasteiger partial charge in [-0.1, -0.05) is 11.8 Å². The zero-order chi connectivity index (χ0) is 15.1. The van der Waals surface area contributed by atoms with Gasteiger partial charge < -0.3 is 14.4 Å². The standard InChI is InChI=1S/C16H16N2O3/c1-2-18(12-14-6-4-10-21-14)16(20)15-8-7-13(11-17-15)5-3-9-19/h4,6-8,10-11,19H,2,9,12H2,1H3. The molecule has 0 fully saturated rings. The summed E-state index contributed by atoms with van der Waals surface area (Å²) in [5, 5.41) is 8.63. The van der Waals surface area contributed by atoms with Gasteiger partial charge in [-0.05, 0) is 31.2 Å². The van der Waals surface area contributed by atoms with Gasteiger partial charge in [0.25, 0.3) is 5.91 Å². The second kappa shape index (κ2) is 7.27. The van der Waals surface area contributed by atoms with E-state index in [9.17, 15) is 4.79 Å². The van der Waals surface area contributed by atoms with Crippen LogP contribution in [0.25, 0.3) is 0 Å². The third-order valence-corrected chi connectivity index (χ3v) is 2.89. The Morgan fingerprint density at radius 3 is 2.86 bits per heavy atom. The van der Waals surface area contributed by atoms with Gasteiger partial charge in [-0.15, -0.1) is 0 Å². The second-order valence-electron chi connectivity index (χ2n) is 4.29. The maximum absolute atomic E-state index is 12.4. The van der Waals surface area contributed by atoms with Gasteiger partial charge in [0.1, 0.15) is 18.1 Å². The van der Waals surface area contributed by atoms with E-state index in [0.717, 1.165) is 5.76 Å². The molecule has 2 aromatic rings. The lowest BCUT2D eigenvalue weighted by molar-refractivity contribution is 0.0735. The van der Waals surface area contributed by atoms with Gasteiger partial charge in [0.15, 0.2) is 0 Å². The quantitative estimate of drug-likeness (QED) is 0.867. The van der Waals surface area contributed by atoms with Crippen LogP contribution >= 0.6 is 0 Å². The third-order valence-electron chi connectivity index (χ3n) is 2.89. The molecule has 0 bridgehead atoms. The Morgan fingerprint density at radius 1 is 1.43 bits per heavy atom. The highest BCUT2D eigenvalue weighted by atomic mass is 16.3. The Balaban J connectivity index is 2.10. The molecule has 1 N–H and O–H groups in total. The molecule has 5 heteroatoms. The summed E-state index contributed by atoms with van der Waals surface area (Å²) in [7, 11) is 0. The monoisotopic (exact) mass is 284 g/mol. The van der Waals surface area contributed by atoms with E-state index in [1.165, 1.54) is 6.20 Å². The van der Waals surface area contributed by atoms with Crippen LogP contribution in [0.3, 0.4) is 0 Å². The van der Waals surface area contributed by atoms with Crippen LogP contribution in [0.2, 0.25) is 0 Å². The second-order valence-corrected chi connectivity index (χ2v) is 4.29. The number of aliphatic hydroxyl groups excluding tert-OH is 1. The fraction of sp³-hybridized carbons (Fsp3) is 0.250. The molecule has 1 amide bonds. The molecule has 2 heterocycles. The molecule has 0 aromatic carbocycles. The van der Waals surface area contributed by atoms with Crippen LogP contribution in [0.5, 0.6) is 0 Å². The molecule has 2 aromatic heterocycles. The fourth-order valence-corrected chi connectivity index (χ4v) is 1.82. The van der Waals surface area contributed by atoms with E-state index in [-0.39, 0.29) is 12.5 Å². The van der Waals surface area contributed by atoms with Crippen molar-refractivity contribution in [3.63, 3.8) is 0 Å². The van der Waals surface area contributed by atoms with Crippen LogP contribution in [-0.2, 0) is 6.54 Å². The first-order valence-corrected chi connectivity index (χ1v) is 6.62. The first kappa shape index (κ1) is 14.8. The van der Waals surface area contributed by atoms with E-state index in [4.69, 9.17) is 9.52 Å². The number of carbonyl (C=O) groups excluding carboxylic acids is 1. The summed E-state index contributed by atoms with van der Waals surface area (Å²) in [5.41, 5.74) is 1.02. The predicted octanol–water partition coefficient (Wildman–Crippen LogP) is 1.68. The molecule has 0 spiro atoms. The zero-order valence-corrected chi connectivity index (χ0v) is 11.7. The summed E-state index contributed by atoms with van der Waals surface area (Å²) in [6.07, 6.45) is 3.11. The first-order valence-electron chi connectivity index (χ1n) is 6.62. The van der Waals surface area contributed by atoms with Crippen molar-refractivity contribution in [3.8, 4) is 11.8 Å². The molecule has 0 aliphatic heterocycles. The highest BCUT2D eigenvalue weighted by Crippen LogP contribution is 2.09. The minimum atomic E-state index is -0.201. The minimum Gasteiger partial charge on any atom is -0.467 e. The third kappa shape index (κ3) is 3.94. The highest BCUT2D eigenvalue weighted by Gasteiger charge is 2.16. The van der Waals surface area contributed by atoms with Gasteiger partial charge in [-0.25, -0.2) is 4.98 Å². The van der Waals surface area contributed by atoms with Crippen LogP contribution in [0.15, 0.2) is 41.1 Å². The number of rotatable bonds is 4. The average Bonchev–Trinajstić information content (AvgIpc) is 3.03. The van der Waals surface area contributed by atoms with E-state index in [0.29, 0.717) is 24.3 Å². The molecule has 0 unspecified atom stereocenters. The van der Waals surface area contributed by atoms with Gasteiger partial charge in [0.05, 0.1) is 12.8 Å². The van der Waals surface area contributed by atoms with Crippen molar-refractivity contribution in [3.05, 3.63) is 53.7 Å². The molecule has 5 nitrogen and oxygen atoms in total. The fourth-order valence-electron chi connectivity index (χ4n) is 1.82. The summed E-state index contributed by atoms with van der Waals surface area (Å²) < 4.78 is 5.26. The van der Waals surface area contributed by atoms with Gasteiger partial charge in [-0.2, -0.15) is 0 Å². The highest BCUT2D eigenvalue weighted by molar-refractivity contribution is 5.92. The zero-order valence-electron chi connectivity index (χ0n) is 11.7. The van der Waals surface area contributed by atoms with E-state index in [2.05, 4.69) is 16.8 Å². The van der Waals surface area contributed by atoms with Crippen LogP contribution < -0.4 is 0 Å². The molecule has 0 atom stereocenters. The van der Waals surface area contributed by atoms with Crippen molar-refractivity contribution in [2.75, 3.05) is 13.2 Å². The number of nitrogens with zero attached hydrogens (tertiary/aromatic N) is 2. The number of furan rings is 1. The van der Waals surface area contributed by atoms with Crippen molar-refractivity contribution in [2.24, 2.45) is 0 Å². The molecule has 2 rings (SSSR count). The molecule has 0 aliphatic carbocycles. The van der Waals surface area contributed by atoms with Crippen molar-refractivity contribution in [2.45, 2.75) is 13.5 Å². The first-order chi connectivity index (χ1) is 10.2. The average molecular weight is 284 g/mol. The summed E-state index contributed by atoms with van der Waals surface area (Å²) in [5.74, 6) is 5.85. The summed E-state index contributed by atoms with van der Waals surface area (Å²) in [4.78, 5) is 18.1. The molecular formula is C16H16N2O3. The Labute approximate surface area is 123 Å². The molecule has 108 valence electrons. The van der Waals surface area contributed by atoms with Crippen LogP contribution in [0.4, 0.5) is 0 Å². The summed E-state index contributed by atoms with van der Waals surface area (Å²) in [6, 6.07) is 6.97. The molecular weight excluding hydrogens is 268 g/mol. The normalized spacial score (nSPS) is 9.81. The Kier molecular flexibility index (Phi) is 5.13. The number of hydrogen-bond donors (Lipinski definition) is 1. The number of carbonyl (C=O) groups is 1. The molecule has 21 heavy (non-hydrogen) atoms. The van der Waals surface area contributed by atoms with Crippen LogP contribution in [0.1, 0.15) is 28.7 Å². The smallest absolute Gasteiger partial charge is 0.272 e. The molecule has 0 saturated carbocycles. The summed E-state index contributed by atoms with van der Waals surface area (Å²) in [6.45, 7) is 2.68. The maximum atomic E-state index is 12.4. The number of hydrogen-bond acceptors (Lipinski definition) is 4. The SMILES string of the molecule is CCN(Cc1ccco1)C(=O)c1ccc(C#CCO)cn1. The van der Waals surface area contributed by atoms with Crippen molar-refractivity contribution in [1.82, 2.24) is 9.88 Å². The molecule has 0 saturated heterocycles. The molecule has 0 radical (unpaired) electrons. The summed E-state index contributed by atoms with van der Waals surface area (Å²) >= 11 is 0. The number of aromatic nitrogens is 1. The van der Waals surface area contributed by atoms with E-state index in [1.807, 2.05) is 13.0 Å². The Hall–Kier alpha value is -2.58. The maximum Gasteiger partial charge on any atom is 0.272 e.